The van der Waals surface area contributed by atoms with Crippen LogP contribution in [0, 0.1) is 5.82 Å². The maximum atomic E-state index is 13.8. The summed E-state index contributed by atoms with van der Waals surface area (Å²) < 4.78 is 84.8. The lowest BCUT2D eigenvalue weighted by Crippen LogP contribution is -2.35. The lowest BCUT2D eigenvalue weighted by Gasteiger charge is -2.25. The standard InChI is InChI=1S/C26H31ClFN3O6S3/c1-7-39(34,35)30-23-12-20(24(14-22(23)27)40(36,37)18-10-8-17(28)9-11-18)21-15-31(6)25(32)13-19(21)16(2)29-38(33)26(3,4)5/h8-16,29-30H,7H2,1-6H3/t16-,38-/m0/s1. The Balaban J connectivity index is 2.39. The van der Waals surface area contributed by atoms with Gasteiger partial charge in [-0.15, -0.1) is 0 Å². The van der Waals surface area contributed by atoms with Gasteiger partial charge in [0.25, 0.3) is 5.56 Å². The molecule has 0 spiro atoms. The number of halogens is 2. The summed E-state index contributed by atoms with van der Waals surface area (Å²) in [6.45, 7) is 8.41. The van der Waals surface area contributed by atoms with Crippen molar-refractivity contribution in [2.45, 2.75) is 55.2 Å². The van der Waals surface area contributed by atoms with E-state index in [0.29, 0.717) is 5.56 Å². The molecule has 0 bridgehead atoms. The molecule has 0 radical (unpaired) electrons. The van der Waals surface area contributed by atoms with Gasteiger partial charge in [0.1, 0.15) is 5.82 Å². The van der Waals surface area contributed by atoms with Crippen molar-refractivity contribution in [3.63, 3.8) is 0 Å². The Hall–Kier alpha value is -2.58. The zero-order chi connectivity index (χ0) is 30.2. The van der Waals surface area contributed by atoms with E-state index in [9.17, 15) is 30.2 Å². The van der Waals surface area contributed by atoms with Crippen LogP contribution in [0.5, 0.6) is 0 Å². The van der Waals surface area contributed by atoms with Gasteiger partial charge in [0, 0.05) is 36.5 Å². The first-order chi connectivity index (χ1) is 18.4. The Labute approximate surface area is 241 Å². The van der Waals surface area contributed by atoms with E-state index in [-0.39, 0.29) is 37.4 Å². The summed E-state index contributed by atoms with van der Waals surface area (Å²) in [6.07, 6.45) is 1.42. The predicted octanol–water partition coefficient (Wildman–Crippen LogP) is 4.55. The third kappa shape index (κ3) is 7.00. The molecule has 0 aliphatic carbocycles. The molecule has 2 N–H and O–H groups in total. The first-order valence-electron chi connectivity index (χ1n) is 12.1. The fourth-order valence-corrected chi connectivity index (χ4v) is 6.94. The summed E-state index contributed by atoms with van der Waals surface area (Å²) in [5.74, 6) is -0.896. The van der Waals surface area contributed by atoms with Gasteiger partial charge in [0.15, 0.2) is 0 Å². The number of sulfone groups is 1. The van der Waals surface area contributed by atoms with E-state index >= 15 is 0 Å². The third-order valence-corrected chi connectivity index (χ3v) is 11.1. The van der Waals surface area contributed by atoms with Crippen molar-refractivity contribution >= 4 is 48.1 Å². The molecule has 2 atom stereocenters. The van der Waals surface area contributed by atoms with Crippen molar-refractivity contribution in [2.75, 3.05) is 10.5 Å². The molecule has 0 aliphatic rings. The van der Waals surface area contributed by atoms with Crippen molar-refractivity contribution < 1.29 is 25.4 Å². The summed E-state index contributed by atoms with van der Waals surface area (Å²) in [5, 5.41) is -0.187. The van der Waals surface area contributed by atoms with E-state index in [1.807, 2.05) is 0 Å². The number of aromatic nitrogens is 1. The second kappa shape index (κ2) is 11.7. The van der Waals surface area contributed by atoms with Crippen LogP contribution in [0.2, 0.25) is 5.02 Å². The highest BCUT2D eigenvalue weighted by Crippen LogP contribution is 2.40. The monoisotopic (exact) mass is 631 g/mol. The van der Waals surface area contributed by atoms with E-state index < -0.39 is 53.0 Å². The SMILES string of the molecule is CCS(=O)(=O)Nc1cc(-c2cn(C)c(=O)cc2[C@H](C)N[S@@](=O)C(C)(C)C)c(S(=O)(=O)c2ccc(F)cc2)cc1Cl. The van der Waals surface area contributed by atoms with Crippen molar-refractivity contribution in [1.29, 1.82) is 0 Å². The highest BCUT2D eigenvalue weighted by atomic mass is 35.5. The van der Waals surface area contributed by atoms with Crippen molar-refractivity contribution in [3.8, 4) is 11.1 Å². The third-order valence-electron chi connectivity index (χ3n) is 5.99. The maximum absolute atomic E-state index is 13.8. The van der Waals surface area contributed by atoms with Crippen LogP contribution >= 0.6 is 11.6 Å². The normalized spacial score (nSPS) is 14.1. The molecule has 218 valence electrons. The summed E-state index contributed by atoms with van der Waals surface area (Å²) in [7, 11) is -8.21. The Morgan fingerprint density at radius 3 is 2.20 bits per heavy atom. The van der Waals surface area contributed by atoms with Crippen LogP contribution in [0.15, 0.2) is 63.2 Å². The van der Waals surface area contributed by atoms with Crippen molar-refractivity contribution in [1.82, 2.24) is 9.29 Å². The molecule has 3 rings (SSSR count). The van der Waals surface area contributed by atoms with Crippen LogP contribution in [0.1, 0.15) is 46.2 Å². The van der Waals surface area contributed by atoms with Gasteiger partial charge in [-0.05, 0) is 76.6 Å². The maximum Gasteiger partial charge on any atom is 0.250 e. The number of nitrogens with one attached hydrogen (secondary N) is 2. The highest BCUT2D eigenvalue weighted by Gasteiger charge is 2.29. The molecule has 40 heavy (non-hydrogen) atoms. The Kier molecular flexibility index (Phi) is 9.36. The van der Waals surface area contributed by atoms with E-state index in [4.69, 9.17) is 11.6 Å². The zero-order valence-electron chi connectivity index (χ0n) is 22.8. The van der Waals surface area contributed by atoms with E-state index in [1.54, 1.807) is 27.7 Å². The number of pyridine rings is 1. The summed E-state index contributed by atoms with van der Waals surface area (Å²) in [5.41, 5.74) is 0.126. The predicted molar refractivity (Wildman–Crippen MR) is 157 cm³/mol. The molecule has 1 aromatic heterocycles. The van der Waals surface area contributed by atoms with Crippen LogP contribution in [0.3, 0.4) is 0 Å². The molecule has 1 heterocycles. The number of nitrogens with zero attached hydrogens (tertiary/aromatic N) is 1. The highest BCUT2D eigenvalue weighted by molar-refractivity contribution is 7.92. The Bertz CT molecular complexity index is 1730. The van der Waals surface area contributed by atoms with Crippen molar-refractivity contribution in [3.05, 3.63) is 75.4 Å². The summed E-state index contributed by atoms with van der Waals surface area (Å²) in [4.78, 5) is 12.2. The molecule has 0 aliphatic heterocycles. The number of anilines is 1. The number of benzene rings is 2. The van der Waals surface area contributed by atoms with Gasteiger partial charge in [-0.1, -0.05) is 11.6 Å². The number of aryl methyl sites for hydroxylation is 1. The number of rotatable bonds is 9. The minimum atomic E-state index is -4.33. The lowest BCUT2D eigenvalue weighted by atomic mass is 9.97. The first kappa shape index (κ1) is 31.9. The van der Waals surface area contributed by atoms with Gasteiger partial charge in [-0.25, -0.2) is 30.2 Å². The smallest absolute Gasteiger partial charge is 0.250 e. The van der Waals surface area contributed by atoms with Crippen LogP contribution < -0.4 is 15.0 Å². The van der Waals surface area contributed by atoms with Gasteiger partial charge in [0.2, 0.25) is 19.9 Å². The van der Waals surface area contributed by atoms with Gasteiger partial charge in [0.05, 0.1) is 42.0 Å². The number of sulfonamides is 1. The largest absolute Gasteiger partial charge is 0.318 e. The fourth-order valence-electron chi connectivity index (χ4n) is 3.67. The minimum Gasteiger partial charge on any atom is -0.318 e. The average Bonchev–Trinajstić information content (AvgIpc) is 2.86. The summed E-state index contributed by atoms with van der Waals surface area (Å²) >= 11 is 6.39. The van der Waals surface area contributed by atoms with Gasteiger partial charge < -0.3 is 4.57 Å². The van der Waals surface area contributed by atoms with Crippen LogP contribution in [-0.2, 0) is 37.9 Å². The van der Waals surface area contributed by atoms with Gasteiger partial charge in [-0.3, -0.25) is 9.52 Å². The van der Waals surface area contributed by atoms with Crippen molar-refractivity contribution in [2.24, 2.45) is 7.05 Å². The molecular weight excluding hydrogens is 601 g/mol. The fraction of sp³-hybridized carbons (Fsp3) is 0.346. The number of hydrogen-bond donors (Lipinski definition) is 2. The lowest BCUT2D eigenvalue weighted by molar-refractivity contribution is 0.594. The molecule has 0 saturated heterocycles. The second-order valence-electron chi connectivity index (χ2n) is 10.1. The second-order valence-corrected chi connectivity index (χ2v) is 16.4. The van der Waals surface area contributed by atoms with E-state index in [1.165, 1.54) is 36.9 Å². The molecule has 3 aromatic rings. The molecule has 14 heteroatoms. The molecule has 0 saturated carbocycles. The topological polar surface area (TPSA) is 131 Å². The molecule has 9 nitrogen and oxygen atoms in total. The molecule has 2 aromatic carbocycles. The first-order valence-corrected chi connectivity index (χ1v) is 16.8. The quantitative estimate of drug-likeness (QED) is 0.333. The molecule has 0 unspecified atom stereocenters. The zero-order valence-corrected chi connectivity index (χ0v) is 26.0. The van der Waals surface area contributed by atoms with Gasteiger partial charge in [-0.2, -0.15) is 0 Å². The Morgan fingerprint density at radius 1 is 1.05 bits per heavy atom. The Morgan fingerprint density at radius 2 is 1.65 bits per heavy atom. The van der Waals surface area contributed by atoms with Gasteiger partial charge >= 0.3 is 0 Å². The summed E-state index contributed by atoms with van der Waals surface area (Å²) in [6, 6.07) is 7.21. The van der Waals surface area contributed by atoms with Crippen LogP contribution in [0.25, 0.3) is 11.1 Å². The minimum absolute atomic E-state index is 0.0309. The molecular formula is C26H31ClFN3O6S3. The average molecular weight is 632 g/mol. The number of hydrogen-bond acceptors (Lipinski definition) is 6. The van der Waals surface area contributed by atoms with E-state index in [2.05, 4.69) is 9.44 Å². The van der Waals surface area contributed by atoms with Crippen LogP contribution in [0.4, 0.5) is 10.1 Å². The molecule has 0 fully saturated rings. The van der Waals surface area contributed by atoms with Crippen LogP contribution in [-0.4, -0.2) is 36.1 Å². The molecule has 0 amide bonds. The van der Waals surface area contributed by atoms with E-state index in [0.717, 1.165) is 30.3 Å².